The van der Waals surface area contributed by atoms with Crippen molar-refractivity contribution in [1.82, 2.24) is 51.6 Å². The maximum absolute atomic E-state index is 12.3. The molecule has 0 unspecified atom stereocenters. The number of fused-ring (bicyclic) bond motifs is 4. The van der Waals surface area contributed by atoms with Crippen molar-refractivity contribution in [2.45, 2.75) is 49.9 Å². The van der Waals surface area contributed by atoms with Gasteiger partial charge in [-0.3, -0.25) is 60.0 Å². The minimum Gasteiger partial charge on any atom is -0.309 e. The number of hydrazine groups is 2. The molecule has 4 fully saturated rings. The number of piperidine rings is 2. The zero-order valence-electron chi connectivity index (χ0n) is 26.5. The predicted molar refractivity (Wildman–Crippen MR) is 166 cm³/mol. The summed E-state index contributed by atoms with van der Waals surface area (Å²) in [7, 11) is -9.71. The molecule has 4 bridgehead atoms. The Balaban J connectivity index is 0.000000201. The highest BCUT2D eigenvalue weighted by molar-refractivity contribution is 7.81. The van der Waals surface area contributed by atoms with Gasteiger partial charge in [-0.15, -0.1) is 8.57 Å². The number of carbonyl (C=O) groups excluding carboxylic acids is 6. The Labute approximate surface area is 294 Å². The molecule has 6 rings (SSSR count). The van der Waals surface area contributed by atoms with Gasteiger partial charge in [-0.25, -0.2) is 9.59 Å². The molecule has 6 heterocycles. The molecule has 6 N–H and O–H groups in total. The van der Waals surface area contributed by atoms with Gasteiger partial charge in [-0.1, -0.05) is 0 Å². The second-order valence-electron chi connectivity index (χ2n) is 11.4. The summed E-state index contributed by atoms with van der Waals surface area (Å²) in [4.78, 5) is 82.6. The van der Waals surface area contributed by atoms with Crippen LogP contribution in [0.5, 0.6) is 0 Å². The first-order valence-electron chi connectivity index (χ1n) is 15.1. The first-order chi connectivity index (χ1) is 24.5. The average Bonchev–Trinajstić information content (AvgIpc) is 3.48. The molecule has 52 heavy (non-hydrogen) atoms. The molecule has 24 nitrogen and oxygen atoms in total. The van der Waals surface area contributed by atoms with Gasteiger partial charge < -0.3 is 9.80 Å². The van der Waals surface area contributed by atoms with Crippen LogP contribution in [0.3, 0.4) is 0 Å². The van der Waals surface area contributed by atoms with E-state index in [1.54, 1.807) is 6.07 Å². The van der Waals surface area contributed by atoms with Crippen LogP contribution in [0.1, 0.15) is 46.4 Å². The Morgan fingerprint density at radius 1 is 0.654 bits per heavy atom. The summed E-state index contributed by atoms with van der Waals surface area (Å²) in [6.07, 6.45) is 6.69. The fourth-order valence-corrected chi connectivity index (χ4v) is 6.53. The minimum atomic E-state index is -4.85. The van der Waals surface area contributed by atoms with Gasteiger partial charge in [-0.2, -0.15) is 27.0 Å². The van der Waals surface area contributed by atoms with Crippen molar-refractivity contribution in [3.8, 4) is 0 Å². The lowest BCUT2D eigenvalue weighted by atomic mass is 10.0. The number of hydroxylamine groups is 4. The van der Waals surface area contributed by atoms with E-state index >= 15 is 0 Å². The standard InChI is InChI=1S/2C13H15N5O7S/c19-11(8-3-5-14-6-4-8)15-16-12(20)10-2-1-9-7-17(10)13(21)18(9)25-26(22,23)24;19-11(8-2-1-5-14-6-8)15-16-12(20)10-4-3-9-7-17(10)13(21)18(9)25-26(22,23)24/h3-6,9-10H,1-2,7H2,(H,15,19)(H,16,20)(H,22,23,24);1-2,5-6,9-10H,3-4,7H2,(H,15,19)(H,16,20)(H,22,23,24)/t2*9-,10+/m11/s1. The average molecular weight is 771 g/mol. The molecule has 4 saturated heterocycles. The molecule has 0 spiro atoms. The molecule has 2 aromatic rings. The van der Waals surface area contributed by atoms with Gasteiger partial charge in [0.2, 0.25) is 0 Å². The van der Waals surface area contributed by atoms with Crippen molar-refractivity contribution in [3.63, 3.8) is 0 Å². The first-order valence-corrected chi connectivity index (χ1v) is 17.8. The fourth-order valence-electron chi connectivity index (χ4n) is 5.76. The second-order valence-corrected chi connectivity index (χ2v) is 13.4. The minimum absolute atomic E-state index is 0.0585. The maximum Gasteiger partial charge on any atom is 0.418 e. The highest BCUT2D eigenvalue weighted by Crippen LogP contribution is 2.31. The molecule has 4 aliphatic heterocycles. The van der Waals surface area contributed by atoms with Gasteiger partial charge in [0.1, 0.15) is 12.1 Å². The zero-order valence-corrected chi connectivity index (χ0v) is 28.1. The number of amides is 8. The molecule has 0 saturated carbocycles. The van der Waals surface area contributed by atoms with Crippen LogP contribution in [0.25, 0.3) is 0 Å². The summed E-state index contributed by atoms with van der Waals surface area (Å²) in [6.45, 7) is 0.119. The molecular formula is C26H30N10O14S2. The van der Waals surface area contributed by atoms with E-state index in [4.69, 9.17) is 9.11 Å². The van der Waals surface area contributed by atoms with Crippen LogP contribution in [0, 0.1) is 0 Å². The molecule has 0 aromatic carbocycles. The second kappa shape index (κ2) is 15.4. The summed E-state index contributed by atoms with van der Waals surface area (Å²) < 4.78 is 69.4. The summed E-state index contributed by atoms with van der Waals surface area (Å²) >= 11 is 0. The number of hydrogen-bond acceptors (Lipinski definition) is 14. The van der Waals surface area contributed by atoms with Gasteiger partial charge in [-0.05, 0) is 49.9 Å². The van der Waals surface area contributed by atoms with Crippen LogP contribution < -0.4 is 21.7 Å². The Hall–Kier alpha value is -5.54. The summed E-state index contributed by atoms with van der Waals surface area (Å²) in [5, 5.41) is 1.08. The van der Waals surface area contributed by atoms with Crippen molar-refractivity contribution < 1.29 is 63.3 Å². The Kier molecular flexibility index (Phi) is 11.1. The highest BCUT2D eigenvalue weighted by Gasteiger charge is 2.50. The molecular weight excluding hydrogens is 740 g/mol. The van der Waals surface area contributed by atoms with E-state index in [0.29, 0.717) is 10.1 Å². The van der Waals surface area contributed by atoms with Gasteiger partial charge in [0.15, 0.2) is 0 Å². The highest BCUT2D eigenvalue weighted by atomic mass is 32.3. The predicted octanol–water partition coefficient (Wildman–Crippen LogP) is -2.31. The number of rotatable bonds is 8. The third kappa shape index (κ3) is 9.03. The Bertz CT molecular complexity index is 1800. The van der Waals surface area contributed by atoms with E-state index in [9.17, 15) is 45.6 Å². The smallest absolute Gasteiger partial charge is 0.309 e. The monoisotopic (exact) mass is 770 g/mol. The molecule has 0 aliphatic carbocycles. The first kappa shape index (κ1) is 37.7. The molecule has 4 aliphatic rings. The fraction of sp³-hybridized carbons (Fsp3) is 0.385. The number of urea groups is 2. The number of carbonyl (C=O) groups is 6. The Morgan fingerprint density at radius 3 is 1.54 bits per heavy atom. The lowest BCUT2D eigenvalue weighted by molar-refractivity contribution is -0.127. The van der Waals surface area contributed by atoms with E-state index in [2.05, 4.69) is 40.2 Å². The molecule has 0 radical (unpaired) electrons. The van der Waals surface area contributed by atoms with E-state index in [1.807, 2.05) is 0 Å². The van der Waals surface area contributed by atoms with E-state index < -0.39 is 80.7 Å². The SMILES string of the molecule is O=C(NNC(=O)[C@@H]1CC[C@@H]2CN1C(=O)N2OS(=O)(=O)O)c1cccnc1.O=C(NNC(=O)[C@@H]1CC[C@@H]2CN1C(=O)N2OS(=O)(=O)O)c1ccncc1. The van der Waals surface area contributed by atoms with Crippen LogP contribution in [0.4, 0.5) is 9.59 Å². The van der Waals surface area contributed by atoms with Crippen molar-refractivity contribution in [2.24, 2.45) is 0 Å². The van der Waals surface area contributed by atoms with Crippen molar-refractivity contribution in [1.29, 1.82) is 0 Å². The molecule has 26 heteroatoms. The van der Waals surface area contributed by atoms with Crippen LogP contribution in [-0.4, -0.2) is 129 Å². The third-order valence-electron chi connectivity index (χ3n) is 8.06. The quantitative estimate of drug-likeness (QED) is 0.121. The number of nitrogens with one attached hydrogen (secondary N) is 4. The topological polar surface area (TPSA) is 316 Å². The van der Waals surface area contributed by atoms with Crippen molar-refractivity contribution >= 4 is 56.5 Å². The maximum atomic E-state index is 12.3. The summed E-state index contributed by atoms with van der Waals surface area (Å²) in [5.74, 6) is -2.40. The van der Waals surface area contributed by atoms with Crippen LogP contribution in [0.2, 0.25) is 0 Å². The molecule has 4 atom stereocenters. The molecule has 2 aromatic heterocycles. The Morgan fingerprint density at radius 2 is 1.12 bits per heavy atom. The van der Waals surface area contributed by atoms with E-state index in [0.717, 1.165) is 9.80 Å². The molecule has 280 valence electrons. The van der Waals surface area contributed by atoms with Gasteiger partial charge in [0.25, 0.3) is 23.6 Å². The van der Waals surface area contributed by atoms with Crippen molar-refractivity contribution in [3.05, 3.63) is 60.2 Å². The van der Waals surface area contributed by atoms with Crippen LogP contribution in [0.15, 0.2) is 49.1 Å². The summed E-state index contributed by atoms with van der Waals surface area (Å²) in [6, 6.07) is 1.25. The van der Waals surface area contributed by atoms with Gasteiger partial charge in [0.05, 0.1) is 17.6 Å². The number of aromatic nitrogens is 2. The normalized spacial score (nSPS) is 22.3. The third-order valence-corrected chi connectivity index (χ3v) is 8.76. The lowest BCUT2D eigenvalue weighted by Crippen LogP contribution is -2.54. The largest absolute Gasteiger partial charge is 0.418 e. The van der Waals surface area contributed by atoms with Gasteiger partial charge >= 0.3 is 32.9 Å². The van der Waals surface area contributed by atoms with Crippen molar-refractivity contribution in [2.75, 3.05) is 13.1 Å². The lowest BCUT2D eigenvalue weighted by Gasteiger charge is -2.29. The molecule has 8 amide bonds. The number of hydrogen-bond donors (Lipinski definition) is 6. The summed E-state index contributed by atoms with van der Waals surface area (Å²) in [5.41, 5.74) is 9.45. The van der Waals surface area contributed by atoms with Gasteiger partial charge in [0, 0.05) is 43.4 Å². The van der Waals surface area contributed by atoms with Crippen LogP contribution >= 0.6 is 0 Å². The van der Waals surface area contributed by atoms with E-state index in [-0.39, 0.29) is 49.9 Å². The zero-order chi connectivity index (χ0) is 37.8. The van der Waals surface area contributed by atoms with Crippen LogP contribution in [-0.2, 0) is 39.0 Å². The number of pyridine rings is 2. The number of nitrogens with zero attached hydrogens (tertiary/aromatic N) is 6. The van der Waals surface area contributed by atoms with E-state index in [1.165, 1.54) is 43.0 Å².